The summed E-state index contributed by atoms with van der Waals surface area (Å²) in [6.07, 6.45) is 3.68. The summed E-state index contributed by atoms with van der Waals surface area (Å²) in [4.78, 5) is 17.2. The number of ether oxygens (including phenoxy) is 1. The van der Waals surface area contributed by atoms with Gasteiger partial charge in [0.25, 0.3) is 5.91 Å². The number of methoxy groups -OCH3 is 1. The van der Waals surface area contributed by atoms with Gasteiger partial charge in [-0.15, -0.1) is 0 Å². The Hall–Kier alpha value is -2.31. The zero-order chi connectivity index (χ0) is 20.0. The number of amides is 1. The van der Waals surface area contributed by atoms with Crippen LogP contribution in [0, 0.1) is 12.1 Å². The molecule has 6 nitrogen and oxygen atoms in total. The summed E-state index contributed by atoms with van der Waals surface area (Å²) < 4.78 is 6.03. The summed E-state index contributed by atoms with van der Waals surface area (Å²) >= 11 is 6.62. The third kappa shape index (κ3) is 3.10. The normalized spacial score (nSPS) is 22.5. The number of benzene rings is 1. The van der Waals surface area contributed by atoms with Crippen molar-refractivity contribution in [1.82, 2.24) is 9.80 Å². The first-order valence-corrected chi connectivity index (χ1v) is 9.87. The lowest BCUT2D eigenvalue weighted by atomic mass is 10.0. The smallest absolute Gasteiger partial charge is 0.260 e. The number of likely N-dealkylation sites (tertiary alicyclic amines) is 2. The van der Waals surface area contributed by atoms with Crippen molar-refractivity contribution in [1.29, 1.82) is 0 Å². The van der Waals surface area contributed by atoms with E-state index in [0.29, 0.717) is 22.9 Å². The quantitative estimate of drug-likeness (QED) is 0.583. The lowest BCUT2D eigenvalue weighted by molar-refractivity contribution is -0.605. The molecule has 0 radical (unpaired) electrons. The summed E-state index contributed by atoms with van der Waals surface area (Å²) in [5, 5.41) is 12.2. The molecule has 0 unspecified atom stereocenters. The molecule has 1 aromatic heterocycles. The number of carbonyl (C=O) groups excluding carboxylic acids is 1. The first-order valence-electron chi connectivity index (χ1n) is 9.49. The SMILES string of the molecule is COc1ccc([C@H](C)N2C[C@@H]3C[C@H]2CN3C(=O)c2ccc[n+]([O-])c2)c(Cl)c1C. The monoisotopic (exact) mass is 401 g/mol. The highest BCUT2D eigenvalue weighted by Gasteiger charge is 2.47. The molecule has 0 spiro atoms. The zero-order valence-electron chi connectivity index (χ0n) is 16.3. The molecule has 2 saturated heterocycles. The minimum Gasteiger partial charge on any atom is -0.619 e. The summed E-state index contributed by atoms with van der Waals surface area (Å²) in [6.45, 7) is 5.62. The number of pyridine rings is 1. The highest BCUT2D eigenvalue weighted by atomic mass is 35.5. The van der Waals surface area contributed by atoms with Gasteiger partial charge in [-0.05, 0) is 38.0 Å². The van der Waals surface area contributed by atoms with Crippen molar-refractivity contribution in [3.63, 3.8) is 0 Å². The standard InChI is InChI=1S/C21H24ClN3O3/c1-13-19(28-3)7-6-18(20(13)22)14(2)24-11-17-9-16(24)12-25(17)21(26)15-5-4-8-23(27)10-15/h4-8,10,14,16-17H,9,11-12H2,1-3H3/t14-,16-,17-/m0/s1. The number of halogens is 1. The Kier molecular flexibility index (Phi) is 4.93. The molecule has 1 amide bonds. The van der Waals surface area contributed by atoms with E-state index in [1.165, 1.54) is 12.4 Å². The molecule has 0 saturated carbocycles. The van der Waals surface area contributed by atoms with Crippen molar-refractivity contribution in [2.75, 3.05) is 20.2 Å². The van der Waals surface area contributed by atoms with E-state index >= 15 is 0 Å². The maximum atomic E-state index is 12.8. The van der Waals surface area contributed by atoms with Gasteiger partial charge in [0, 0.05) is 42.8 Å². The number of nitrogens with zero attached hydrogens (tertiary/aromatic N) is 3. The van der Waals surface area contributed by atoms with Crippen LogP contribution in [-0.2, 0) is 0 Å². The summed E-state index contributed by atoms with van der Waals surface area (Å²) in [7, 11) is 1.65. The van der Waals surface area contributed by atoms with Crippen LogP contribution < -0.4 is 9.47 Å². The second-order valence-corrected chi connectivity index (χ2v) is 8.00. The molecule has 4 rings (SSSR count). The average Bonchev–Trinajstić information content (AvgIpc) is 3.30. The number of hydrogen-bond acceptors (Lipinski definition) is 4. The van der Waals surface area contributed by atoms with Crippen molar-refractivity contribution < 1.29 is 14.3 Å². The van der Waals surface area contributed by atoms with Gasteiger partial charge in [-0.25, -0.2) is 0 Å². The van der Waals surface area contributed by atoms with Gasteiger partial charge in [0.2, 0.25) is 0 Å². The minimum absolute atomic E-state index is 0.0664. The topological polar surface area (TPSA) is 59.7 Å². The molecule has 28 heavy (non-hydrogen) atoms. The van der Waals surface area contributed by atoms with Crippen molar-refractivity contribution in [2.24, 2.45) is 0 Å². The molecule has 3 atom stereocenters. The summed E-state index contributed by atoms with van der Waals surface area (Å²) in [5.74, 6) is 0.725. The van der Waals surface area contributed by atoms with Crippen LogP contribution in [0.1, 0.15) is 40.9 Å². The molecule has 2 aliphatic rings. The predicted octanol–water partition coefficient (Wildman–Crippen LogP) is 2.95. The Morgan fingerprint density at radius 3 is 2.75 bits per heavy atom. The molecule has 0 N–H and O–H groups in total. The Morgan fingerprint density at radius 1 is 1.32 bits per heavy atom. The van der Waals surface area contributed by atoms with Gasteiger partial charge in [-0.2, -0.15) is 4.73 Å². The van der Waals surface area contributed by atoms with Crippen molar-refractivity contribution in [3.8, 4) is 5.75 Å². The van der Waals surface area contributed by atoms with E-state index in [2.05, 4.69) is 11.8 Å². The lowest BCUT2D eigenvalue weighted by Crippen LogP contribution is -2.49. The van der Waals surface area contributed by atoms with E-state index in [9.17, 15) is 10.0 Å². The number of hydrogen-bond donors (Lipinski definition) is 0. The van der Waals surface area contributed by atoms with Crippen LogP contribution in [0.3, 0.4) is 0 Å². The van der Waals surface area contributed by atoms with E-state index in [4.69, 9.17) is 16.3 Å². The molecule has 0 aliphatic carbocycles. The lowest BCUT2D eigenvalue weighted by Gasteiger charge is -2.38. The van der Waals surface area contributed by atoms with Gasteiger partial charge in [0.05, 0.1) is 12.1 Å². The number of fused-ring (bicyclic) bond motifs is 2. The molecule has 2 bridgehead atoms. The van der Waals surface area contributed by atoms with E-state index in [1.807, 2.05) is 24.0 Å². The van der Waals surface area contributed by atoms with Gasteiger partial charge in [0.15, 0.2) is 12.4 Å². The Morgan fingerprint density at radius 2 is 2.11 bits per heavy atom. The first-order chi connectivity index (χ1) is 13.4. The third-order valence-electron chi connectivity index (χ3n) is 6.10. The highest BCUT2D eigenvalue weighted by molar-refractivity contribution is 6.32. The fraction of sp³-hybridized carbons (Fsp3) is 0.429. The van der Waals surface area contributed by atoms with Crippen molar-refractivity contribution in [3.05, 3.63) is 63.6 Å². The summed E-state index contributed by atoms with van der Waals surface area (Å²) in [6, 6.07) is 7.92. The third-order valence-corrected chi connectivity index (χ3v) is 6.60. The average molecular weight is 402 g/mol. The van der Waals surface area contributed by atoms with Crippen LogP contribution in [0.25, 0.3) is 0 Å². The van der Waals surface area contributed by atoms with Crippen LogP contribution in [-0.4, -0.2) is 48.0 Å². The molecule has 7 heteroatoms. The molecular formula is C21H24ClN3O3. The van der Waals surface area contributed by atoms with Crippen LogP contribution in [0.15, 0.2) is 36.7 Å². The fourth-order valence-corrected chi connectivity index (χ4v) is 4.89. The van der Waals surface area contributed by atoms with Gasteiger partial charge in [-0.3, -0.25) is 9.69 Å². The summed E-state index contributed by atoms with van der Waals surface area (Å²) in [5.41, 5.74) is 2.48. The molecule has 2 aliphatic heterocycles. The molecule has 148 valence electrons. The van der Waals surface area contributed by atoms with E-state index in [0.717, 1.165) is 34.9 Å². The Labute approximate surface area is 169 Å². The predicted molar refractivity (Wildman–Crippen MR) is 106 cm³/mol. The number of piperazine rings is 1. The Bertz CT molecular complexity index is 920. The van der Waals surface area contributed by atoms with Crippen molar-refractivity contribution in [2.45, 2.75) is 38.4 Å². The fourth-order valence-electron chi connectivity index (χ4n) is 4.58. The molecule has 1 aromatic carbocycles. The number of rotatable bonds is 4. The second-order valence-electron chi connectivity index (χ2n) is 7.62. The van der Waals surface area contributed by atoms with Gasteiger partial charge < -0.3 is 14.8 Å². The van der Waals surface area contributed by atoms with E-state index in [1.54, 1.807) is 19.2 Å². The number of aromatic nitrogens is 1. The minimum atomic E-state index is -0.0664. The Balaban J connectivity index is 1.50. The van der Waals surface area contributed by atoms with Crippen LogP contribution >= 0.6 is 11.6 Å². The van der Waals surface area contributed by atoms with Gasteiger partial charge in [0.1, 0.15) is 11.3 Å². The molecular weight excluding hydrogens is 378 g/mol. The van der Waals surface area contributed by atoms with E-state index in [-0.39, 0.29) is 18.0 Å². The van der Waals surface area contributed by atoms with Gasteiger partial charge >= 0.3 is 0 Å². The number of carbonyl (C=O) groups is 1. The first kappa shape index (κ1) is 19.0. The van der Waals surface area contributed by atoms with Crippen LogP contribution in [0.5, 0.6) is 5.75 Å². The largest absolute Gasteiger partial charge is 0.619 e. The van der Waals surface area contributed by atoms with Gasteiger partial charge in [-0.1, -0.05) is 17.7 Å². The van der Waals surface area contributed by atoms with Crippen molar-refractivity contribution >= 4 is 17.5 Å². The van der Waals surface area contributed by atoms with E-state index < -0.39 is 0 Å². The molecule has 2 fully saturated rings. The second kappa shape index (κ2) is 7.26. The maximum Gasteiger partial charge on any atom is 0.260 e. The maximum absolute atomic E-state index is 12.8. The van der Waals surface area contributed by atoms with Crippen LogP contribution in [0.4, 0.5) is 0 Å². The molecule has 3 heterocycles. The highest BCUT2D eigenvalue weighted by Crippen LogP contribution is 2.41. The molecule has 2 aromatic rings. The van der Waals surface area contributed by atoms with Crippen LogP contribution in [0.2, 0.25) is 5.02 Å². The zero-order valence-corrected chi connectivity index (χ0v) is 17.0.